The van der Waals surface area contributed by atoms with Gasteiger partial charge in [0.25, 0.3) is 0 Å². The Morgan fingerprint density at radius 1 is 1.27 bits per heavy atom. The molecule has 0 aliphatic carbocycles. The molecule has 1 rings (SSSR count). The Kier molecular flexibility index (Phi) is 7.18. The third-order valence-electron chi connectivity index (χ3n) is 3.55. The molecule has 22 heavy (non-hydrogen) atoms. The number of nitrogens with one attached hydrogen (secondary N) is 1. The highest BCUT2D eigenvalue weighted by molar-refractivity contribution is 6.30. The summed E-state index contributed by atoms with van der Waals surface area (Å²) in [5.74, 6) is -0.706. The standard InChI is InChI=1S/C16H23ClN2O3/c1-5-12(3)19(10-11(2)15(20)22-4)16(21)18-14-8-6-13(17)7-9-14/h6-9,11-12H,5,10H2,1-4H3,(H,18,21). The van der Waals surface area contributed by atoms with Crippen LogP contribution in [-0.4, -0.2) is 36.6 Å². The number of anilines is 1. The summed E-state index contributed by atoms with van der Waals surface area (Å²) in [5, 5.41) is 3.43. The van der Waals surface area contributed by atoms with Gasteiger partial charge in [0.2, 0.25) is 0 Å². The molecule has 0 bridgehead atoms. The zero-order chi connectivity index (χ0) is 16.7. The summed E-state index contributed by atoms with van der Waals surface area (Å²) in [5.41, 5.74) is 0.661. The Hall–Kier alpha value is -1.75. The van der Waals surface area contributed by atoms with Crippen molar-refractivity contribution in [1.82, 2.24) is 4.90 Å². The number of nitrogens with zero attached hydrogens (tertiary/aromatic N) is 1. The van der Waals surface area contributed by atoms with Crippen LogP contribution in [0.3, 0.4) is 0 Å². The zero-order valence-corrected chi connectivity index (χ0v) is 14.2. The van der Waals surface area contributed by atoms with Gasteiger partial charge < -0.3 is 15.0 Å². The quantitative estimate of drug-likeness (QED) is 0.809. The lowest BCUT2D eigenvalue weighted by atomic mass is 10.1. The minimum atomic E-state index is -0.380. The van der Waals surface area contributed by atoms with Crippen molar-refractivity contribution in [3.8, 4) is 0 Å². The molecule has 0 spiro atoms. The van der Waals surface area contributed by atoms with Crippen LogP contribution in [0.2, 0.25) is 5.02 Å². The fourth-order valence-corrected chi connectivity index (χ4v) is 2.11. The summed E-state index contributed by atoms with van der Waals surface area (Å²) in [6.07, 6.45) is 0.794. The first kappa shape index (κ1) is 18.3. The summed E-state index contributed by atoms with van der Waals surface area (Å²) in [7, 11) is 1.35. The maximum atomic E-state index is 12.5. The molecule has 6 heteroatoms. The Balaban J connectivity index is 2.80. The minimum absolute atomic E-state index is 0.0133. The molecule has 0 aromatic heterocycles. The molecule has 0 heterocycles. The molecule has 5 nitrogen and oxygen atoms in total. The second-order valence-electron chi connectivity index (χ2n) is 5.27. The Morgan fingerprint density at radius 3 is 2.36 bits per heavy atom. The van der Waals surface area contributed by atoms with Crippen LogP contribution in [0.4, 0.5) is 10.5 Å². The van der Waals surface area contributed by atoms with Gasteiger partial charge in [-0.25, -0.2) is 4.79 Å². The van der Waals surface area contributed by atoms with Gasteiger partial charge >= 0.3 is 12.0 Å². The smallest absolute Gasteiger partial charge is 0.322 e. The van der Waals surface area contributed by atoms with Crippen molar-refractivity contribution >= 4 is 29.3 Å². The number of hydrogen-bond donors (Lipinski definition) is 1. The van der Waals surface area contributed by atoms with E-state index in [0.29, 0.717) is 17.3 Å². The molecule has 0 aliphatic heterocycles. The molecule has 0 saturated carbocycles. The predicted octanol–water partition coefficient (Wildman–Crippen LogP) is 3.78. The predicted molar refractivity (Wildman–Crippen MR) is 88.1 cm³/mol. The van der Waals surface area contributed by atoms with Crippen LogP contribution < -0.4 is 5.32 Å². The second kappa shape index (κ2) is 8.63. The number of hydrogen-bond acceptors (Lipinski definition) is 3. The number of methoxy groups -OCH3 is 1. The number of rotatable bonds is 6. The largest absolute Gasteiger partial charge is 0.469 e. The van der Waals surface area contributed by atoms with E-state index in [1.807, 2.05) is 13.8 Å². The number of halogens is 1. The molecule has 1 aromatic rings. The lowest BCUT2D eigenvalue weighted by Crippen LogP contribution is -2.45. The van der Waals surface area contributed by atoms with Gasteiger partial charge in [-0.2, -0.15) is 0 Å². The number of esters is 1. The summed E-state index contributed by atoms with van der Waals surface area (Å²) in [6.45, 7) is 6.00. The zero-order valence-electron chi connectivity index (χ0n) is 13.4. The van der Waals surface area contributed by atoms with E-state index in [4.69, 9.17) is 16.3 Å². The highest BCUT2D eigenvalue weighted by Gasteiger charge is 2.24. The van der Waals surface area contributed by atoms with Crippen LogP contribution in [0.15, 0.2) is 24.3 Å². The maximum Gasteiger partial charge on any atom is 0.322 e. The van der Waals surface area contributed by atoms with Crippen molar-refractivity contribution in [2.75, 3.05) is 19.0 Å². The van der Waals surface area contributed by atoms with E-state index in [2.05, 4.69) is 5.32 Å². The molecular formula is C16H23ClN2O3. The van der Waals surface area contributed by atoms with Gasteiger partial charge in [-0.15, -0.1) is 0 Å². The fourth-order valence-electron chi connectivity index (χ4n) is 1.98. The summed E-state index contributed by atoms with van der Waals surface area (Å²) < 4.78 is 4.73. The molecule has 2 amide bonds. The lowest BCUT2D eigenvalue weighted by molar-refractivity contribution is -0.145. The van der Waals surface area contributed by atoms with E-state index in [9.17, 15) is 9.59 Å². The third-order valence-corrected chi connectivity index (χ3v) is 3.81. The molecule has 2 unspecified atom stereocenters. The van der Waals surface area contributed by atoms with Crippen molar-refractivity contribution < 1.29 is 14.3 Å². The minimum Gasteiger partial charge on any atom is -0.469 e. The number of amides is 2. The molecule has 122 valence electrons. The maximum absolute atomic E-state index is 12.5. The van der Waals surface area contributed by atoms with Crippen molar-refractivity contribution in [1.29, 1.82) is 0 Å². The molecule has 0 saturated heterocycles. The fraction of sp³-hybridized carbons (Fsp3) is 0.500. The van der Waals surface area contributed by atoms with Crippen molar-refractivity contribution in [2.24, 2.45) is 5.92 Å². The van der Waals surface area contributed by atoms with E-state index >= 15 is 0 Å². The Morgan fingerprint density at radius 2 is 1.86 bits per heavy atom. The van der Waals surface area contributed by atoms with Gasteiger partial charge in [-0.3, -0.25) is 4.79 Å². The second-order valence-corrected chi connectivity index (χ2v) is 5.71. The van der Waals surface area contributed by atoms with Gasteiger partial charge in [0.1, 0.15) is 0 Å². The average Bonchev–Trinajstić information content (AvgIpc) is 2.52. The lowest BCUT2D eigenvalue weighted by Gasteiger charge is -2.30. The number of ether oxygens (including phenoxy) is 1. The van der Waals surface area contributed by atoms with E-state index < -0.39 is 0 Å². The summed E-state index contributed by atoms with van der Waals surface area (Å²) in [6, 6.07) is 6.66. The van der Waals surface area contributed by atoms with Crippen LogP contribution in [-0.2, 0) is 9.53 Å². The Labute approximate surface area is 136 Å². The molecular weight excluding hydrogens is 304 g/mol. The molecule has 0 aliphatic rings. The number of carbonyl (C=O) groups excluding carboxylic acids is 2. The summed E-state index contributed by atoms with van der Waals surface area (Å²) >= 11 is 5.83. The van der Waals surface area contributed by atoms with Crippen LogP contribution in [0.1, 0.15) is 27.2 Å². The van der Waals surface area contributed by atoms with Crippen LogP contribution >= 0.6 is 11.6 Å². The van der Waals surface area contributed by atoms with Crippen LogP contribution in [0, 0.1) is 5.92 Å². The topological polar surface area (TPSA) is 58.6 Å². The summed E-state index contributed by atoms with van der Waals surface area (Å²) in [4.78, 5) is 25.7. The first-order chi connectivity index (χ1) is 10.4. The van der Waals surface area contributed by atoms with Crippen molar-refractivity contribution in [3.05, 3.63) is 29.3 Å². The SMILES string of the molecule is CCC(C)N(CC(C)C(=O)OC)C(=O)Nc1ccc(Cl)cc1. The molecule has 1 N–H and O–H groups in total. The molecule has 0 fully saturated rings. The third kappa shape index (κ3) is 5.22. The van der Waals surface area contributed by atoms with Crippen LogP contribution in [0.5, 0.6) is 0 Å². The van der Waals surface area contributed by atoms with Crippen molar-refractivity contribution in [3.63, 3.8) is 0 Å². The molecule has 2 atom stereocenters. The molecule has 1 aromatic carbocycles. The van der Waals surface area contributed by atoms with Crippen LogP contribution in [0.25, 0.3) is 0 Å². The van der Waals surface area contributed by atoms with Gasteiger partial charge in [0, 0.05) is 23.3 Å². The van der Waals surface area contributed by atoms with E-state index in [0.717, 1.165) is 6.42 Å². The average molecular weight is 327 g/mol. The van der Waals surface area contributed by atoms with Gasteiger partial charge in [-0.05, 0) is 37.6 Å². The Bertz CT molecular complexity index is 505. The highest BCUT2D eigenvalue weighted by atomic mass is 35.5. The number of carbonyl (C=O) groups is 2. The van der Waals surface area contributed by atoms with Gasteiger partial charge in [0.15, 0.2) is 0 Å². The van der Waals surface area contributed by atoms with E-state index in [-0.39, 0.29) is 24.0 Å². The highest BCUT2D eigenvalue weighted by Crippen LogP contribution is 2.16. The monoisotopic (exact) mass is 326 g/mol. The normalized spacial score (nSPS) is 13.1. The first-order valence-electron chi connectivity index (χ1n) is 7.30. The number of urea groups is 1. The molecule has 0 radical (unpaired) electrons. The van der Waals surface area contributed by atoms with E-state index in [1.165, 1.54) is 7.11 Å². The van der Waals surface area contributed by atoms with Gasteiger partial charge in [0.05, 0.1) is 13.0 Å². The first-order valence-corrected chi connectivity index (χ1v) is 7.67. The number of benzene rings is 1. The van der Waals surface area contributed by atoms with Crippen molar-refractivity contribution in [2.45, 2.75) is 33.2 Å². The van der Waals surface area contributed by atoms with Gasteiger partial charge in [-0.1, -0.05) is 25.4 Å². The van der Waals surface area contributed by atoms with E-state index in [1.54, 1.807) is 36.1 Å².